The first-order valence-corrected chi connectivity index (χ1v) is 7.13. The number of hydrogen-bond acceptors (Lipinski definition) is 3. The summed E-state index contributed by atoms with van der Waals surface area (Å²) in [6.45, 7) is 6.72. The van der Waals surface area contributed by atoms with Crippen LogP contribution < -0.4 is 5.32 Å². The summed E-state index contributed by atoms with van der Waals surface area (Å²) in [6, 6.07) is 0.379. The Labute approximate surface area is 114 Å². The van der Waals surface area contributed by atoms with E-state index in [0.717, 1.165) is 25.7 Å². The molecule has 0 aromatic rings. The van der Waals surface area contributed by atoms with Gasteiger partial charge in [0.05, 0.1) is 5.92 Å². The molecule has 108 valence electrons. The van der Waals surface area contributed by atoms with Crippen molar-refractivity contribution in [3.8, 4) is 0 Å². The fraction of sp³-hybridized carbons (Fsp3) is 0.857. The summed E-state index contributed by atoms with van der Waals surface area (Å²) >= 11 is 0. The van der Waals surface area contributed by atoms with Crippen molar-refractivity contribution >= 4 is 12.0 Å². The van der Waals surface area contributed by atoms with E-state index in [1.165, 1.54) is 0 Å². The maximum absolute atomic E-state index is 12.0. The van der Waals surface area contributed by atoms with Gasteiger partial charge in [0.15, 0.2) is 0 Å². The second kappa shape index (κ2) is 5.39. The molecule has 2 aliphatic rings. The summed E-state index contributed by atoms with van der Waals surface area (Å²) in [5, 5.41) is 3.01. The van der Waals surface area contributed by atoms with E-state index < -0.39 is 5.60 Å². The van der Waals surface area contributed by atoms with Gasteiger partial charge < -0.3 is 15.0 Å². The molecule has 0 radical (unpaired) electrons. The summed E-state index contributed by atoms with van der Waals surface area (Å²) in [7, 11) is 0. The summed E-state index contributed by atoms with van der Waals surface area (Å²) in [5.41, 5.74) is -0.486. The van der Waals surface area contributed by atoms with Crippen LogP contribution in [0.5, 0.6) is 0 Å². The van der Waals surface area contributed by atoms with E-state index in [1.54, 1.807) is 4.90 Å². The van der Waals surface area contributed by atoms with Crippen LogP contribution >= 0.6 is 0 Å². The van der Waals surface area contributed by atoms with Crippen LogP contribution in [-0.2, 0) is 9.53 Å². The summed E-state index contributed by atoms with van der Waals surface area (Å²) in [5.74, 6) is 0.0117. The molecule has 0 unspecified atom stereocenters. The fourth-order valence-electron chi connectivity index (χ4n) is 2.23. The molecule has 1 atom stereocenters. The molecule has 5 heteroatoms. The number of piperidine rings is 1. The Hall–Kier alpha value is -1.26. The Morgan fingerprint density at radius 3 is 2.47 bits per heavy atom. The van der Waals surface area contributed by atoms with Crippen LogP contribution in [0.1, 0.15) is 46.5 Å². The number of rotatable bonds is 2. The first-order chi connectivity index (χ1) is 8.85. The molecule has 1 aliphatic carbocycles. The van der Waals surface area contributed by atoms with E-state index in [1.807, 2.05) is 20.8 Å². The lowest BCUT2D eigenvalue weighted by Gasteiger charge is -2.33. The molecule has 2 rings (SSSR count). The zero-order valence-corrected chi connectivity index (χ0v) is 12.1. The zero-order chi connectivity index (χ0) is 14.0. The van der Waals surface area contributed by atoms with Crippen molar-refractivity contribution in [2.24, 2.45) is 5.92 Å². The largest absolute Gasteiger partial charge is 0.444 e. The predicted octanol–water partition coefficient (Wildman–Crippen LogP) is 1.91. The minimum absolute atomic E-state index is 0.0816. The minimum Gasteiger partial charge on any atom is -0.444 e. The number of carbonyl (C=O) groups is 2. The normalized spacial score (nSPS) is 23.9. The smallest absolute Gasteiger partial charge is 0.410 e. The highest BCUT2D eigenvalue weighted by molar-refractivity contribution is 5.80. The topological polar surface area (TPSA) is 58.6 Å². The molecular formula is C14H24N2O3. The van der Waals surface area contributed by atoms with Gasteiger partial charge >= 0.3 is 6.09 Å². The number of carbonyl (C=O) groups excluding carboxylic acids is 2. The van der Waals surface area contributed by atoms with E-state index in [0.29, 0.717) is 19.1 Å². The fourth-order valence-corrected chi connectivity index (χ4v) is 2.23. The zero-order valence-electron chi connectivity index (χ0n) is 12.1. The molecule has 0 aromatic carbocycles. The third-order valence-electron chi connectivity index (χ3n) is 3.37. The van der Waals surface area contributed by atoms with Crippen LogP contribution in [0, 0.1) is 5.92 Å². The lowest BCUT2D eigenvalue weighted by atomic mass is 9.97. The second-order valence-electron chi connectivity index (χ2n) is 6.55. The maximum Gasteiger partial charge on any atom is 0.410 e. The second-order valence-corrected chi connectivity index (χ2v) is 6.55. The Morgan fingerprint density at radius 2 is 1.89 bits per heavy atom. The molecular weight excluding hydrogens is 244 g/mol. The number of likely N-dealkylation sites (tertiary alicyclic amines) is 1. The number of amides is 2. The number of ether oxygens (including phenoxy) is 1. The van der Waals surface area contributed by atoms with Crippen molar-refractivity contribution in [2.45, 2.75) is 58.1 Å². The Kier molecular flexibility index (Phi) is 4.02. The molecule has 2 fully saturated rings. The Balaban J connectivity index is 1.85. The third-order valence-corrected chi connectivity index (χ3v) is 3.37. The molecule has 1 heterocycles. The van der Waals surface area contributed by atoms with Gasteiger partial charge in [0.25, 0.3) is 0 Å². The van der Waals surface area contributed by atoms with Crippen LogP contribution in [0.3, 0.4) is 0 Å². The first kappa shape index (κ1) is 14.2. The van der Waals surface area contributed by atoms with Crippen molar-refractivity contribution in [1.29, 1.82) is 0 Å². The highest BCUT2D eigenvalue weighted by Gasteiger charge is 2.33. The van der Waals surface area contributed by atoms with Crippen LogP contribution in [0.2, 0.25) is 0 Å². The SMILES string of the molecule is CC(C)(C)OC(=O)N1CCC[C@@H](C(=O)NC2CC2)C1. The third kappa shape index (κ3) is 4.40. The van der Waals surface area contributed by atoms with Crippen LogP contribution in [-0.4, -0.2) is 41.6 Å². The standard InChI is InChI=1S/C14H24N2O3/c1-14(2,3)19-13(18)16-8-4-5-10(9-16)12(17)15-11-6-7-11/h10-11H,4-9H2,1-3H3,(H,15,17)/t10-/m1/s1. The van der Waals surface area contributed by atoms with E-state index in [2.05, 4.69) is 5.32 Å². The Morgan fingerprint density at radius 1 is 1.21 bits per heavy atom. The lowest BCUT2D eigenvalue weighted by molar-refractivity contribution is -0.126. The van der Waals surface area contributed by atoms with Crippen molar-refractivity contribution in [2.75, 3.05) is 13.1 Å². The van der Waals surface area contributed by atoms with Gasteiger partial charge in [-0.2, -0.15) is 0 Å². The summed E-state index contributed by atoms with van der Waals surface area (Å²) in [6.07, 6.45) is 3.60. The van der Waals surface area contributed by atoms with Crippen LogP contribution in [0.4, 0.5) is 4.79 Å². The van der Waals surface area contributed by atoms with E-state index in [-0.39, 0.29) is 17.9 Å². The van der Waals surface area contributed by atoms with Gasteiger partial charge in [0.1, 0.15) is 5.60 Å². The summed E-state index contributed by atoms with van der Waals surface area (Å²) in [4.78, 5) is 25.7. The van der Waals surface area contributed by atoms with Gasteiger partial charge in [-0.15, -0.1) is 0 Å². The molecule has 2 amide bonds. The minimum atomic E-state index is -0.486. The maximum atomic E-state index is 12.0. The molecule has 0 spiro atoms. The quantitative estimate of drug-likeness (QED) is 0.832. The highest BCUT2D eigenvalue weighted by atomic mass is 16.6. The molecule has 0 aromatic heterocycles. The highest BCUT2D eigenvalue weighted by Crippen LogP contribution is 2.23. The van der Waals surface area contributed by atoms with Crippen molar-refractivity contribution in [3.63, 3.8) is 0 Å². The van der Waals surface area contributed by atoms with Gasteiger partial charge in [0.2, 0.25) is 5.91 Å². The van der Waals surface area contributed by atoms with Crippen molar-refractivity contribution < 1.29 is 14.3 Å². The van der Waals surface area contributed by atoms with Crippen LogP contribution in [0.15, 0.2) is 0 Å². The summed E-state index contributed by atoms with van der Waals surface area (Å²) < 4.78 is 5.35. The van der Waals surface area contributed by atoms with Gasteiger partial charge in [-0.05, 0) is 46.5 Å². The van der Waals surface area contributed by atoms with Gasteiger partial charge in [-0.3, -0.25) is 4.79 Å². The lowest BCUT2D eigenvalue weighted by Crippen LogP contribution is -2.47. The Bertz CT molecular complexity index is 358. The predicted molar refractivity (Wildman–Crippen MR) is 71.7 cm³/mol. The van der Waals surface area contributed by atoms with Crippen molar-refractivity contribution in [3.05, 3.63) is 0 Å². The van der Waals surface area contributed by atoms with Crippen LogP contribution in [0.25, 0.3) is 0 Å². The number of nitrogens with zero attached hydrogens (tertiary/aromatic N) is 1. The van der Waals surface area contributed by atoms with Gasteiger partial charge in [0, 0.05) is 19.1 Å². The average molecular weight is 268 g/mol. The molecule has 1 N–H and O–H groups in total. The average Bonchev–Trinajstić information content (AvgIpc) is 3.11. The van der Waals surface area contributed by atoms with E-state index in [9.17, 15) is 9.59 Å². The number of nitrogens with one attached hydrogen (secondary N) is 1. The van der Waals surface area contributed by atoms with Gasteiger partial charge in [-0.25, -0.2) is 4.79 Å². The first-order valence-electron chi connectivity index (χ1n) is 7.13. The van der Waals surface area contributed by atoms with E-state index >= 15 is 0 Å². The van der Waals surface area contributed by atoms with E-state index in [4.69, 9.17) is 4.74 Å². The molecule has 0 bridgehead atoms. The monoisotopic (exact) mass is 268 g/mol. The molecule has 5 nitrogen and oxygen atoms in total. The molecule has 1 saturated heterocycles. The van der Waals surface area contributed by atoms with Gasteiger partial charge in [-0.1, -0.05) is 0 Å². The van der Waals surface area contributed by atoms with Crippen molar-refractivity contribution in [1.82, 2.24) is 10.2 Å². The number of hydrogen-bond donors (Lipinski definition) is 1. The molecule has 1 saturated carbocycles. The molecule has 1 aliphatic heterocycles. The molecule has 19 heavy (non-hydrogen) atoms.